The molecule has 0 saturated carbocycles. The maximum absolute atomic E-state index is 12.2. The molecular formula is C19H15BrN2O2. The average molecular weight is 383 g/mol. The zero-order chi connectivity index (χ0) is 16.9. The first-order valence-corrected chi connectivity index (χ1v) is 8.16. The number of carbonyl (C=O) groups excluding carboxylic acids is 1. The van der Waals surface area contributed by atoms with Crippen LogP contribution in [0.2, 0.25) is 0 Å². The Labute approximate surface area is 148 Å². The molecule has 0 aliphatic heterocycles. The van der Waals surface area contributed by atoms with Gasteiger partial charge in [-0.05, 0) is 70.9 Å². The fraction of sp³-hybridized carbons (Fsp3) is 0.0526. The highest BCUT2D eigenvalue weighted by Gasteiger charge is 2.07. The third-order valence-electron chi connectivity index (χ3n) is 3.30. The van der Waals surface area contributed by atoms with Crippen molar-refractivity contribution in [1.29, 1.82) is 0 Å². The van der Waals surface area contributed by atoms with Crippen LogP contribution in [0.1, 0.15) is 15.9 Å². The van der Waals surface area contributed by atoms with Crippen molar-refractivity contribution in [2.75, 3.05) is 5.32 Å². The van der Waals surface area contributed by atoms with E-state index in [1.165, 1.54) is 6.20 Å². The number of hydrogen-bond acceptors (Lipinski definition) is 3. The van der Waals surface area contributed by atoms with Crippen LogP contribution in [0.3, 0.4) is 0 Å². The summed E-state index contributed by atoms with van der Waals surface area (Å²) >= 11 is 3.30. The maximum atomic E-state index is 12.2. The Morgan fingerprint density at radius 2 is 1.83 bits per heavy atom. The van der Waals surface area contributed by atoms with Crippen LogP contribution in [0.4, 0.5) is 5.69 Å². The SMILES string of the molecule is Cc1cccc(Oc2ccc(NC(=O)c3cncc(Br)c3)cc2)c1. The van der Waals surface area contributed by atoms with Crippen LogP contribution in [0, 0.1) is 6.92 Å². The van der Waals surface area contributed by atoms with Gasteiger partial charge in [-0.15, -0.1) is 0 Å². The number of anilines is 1. The average Bonchev–Trinajstić information content (AvgIpc) is 2.57. The van der Waals surface area contributed by atoms with E-state index in [0.29, 0.717) is 17.0 Å². The van der Waals surface area contributed by atoms with Gasteiger partial charge in [0, 0.05) is 22.6 Å². The molecule has 1 amide bonds. The molecule has 0 aliphatic rings. The summed E-state index contributed by atoms with van der Waals surface area (Å²) in [6.07, 6.45) is 3.16. The van der Waals surface area contributed by atoms with Gasteiger partial charge in [0.25, 0.3) is 5.91 Å². The molecule has 1 N–H and O–H groups in total. The number of ether oxygens (including phenoxy) is 1. The number of rotatable bonds is 4. The van der Waals surface area contributed by atoms with Gasteiger partial charge in [-0.1, -0.05) is 12.1 Å². The highest BCUT2D eigenvalue weighted by Crippen LogP contribution is 2.24. The minimum absolute atomic E-state index is 0.212. The largest absolute Gasteiger partial charge is 0.457 e. The summed E-state index contributed by atoms with van der Waals surface area (Å²) in [4.78, 5) is 16.2. The van der Waals surface area contributed by atoms with E-state index in [1.807, 2.05) is 43.3 Å². The van der Waals surface area contributed by atoms with Gasteiger partial charge in [-0.3, -0.25) is 9.78 Å². The summed E-state index contributed by atoms with van der Waals surface area (Å²) < 4.78 is 6.55. The van der Waals surface area contributed by atoms with Gasteiger partial charge in [-0.25, -0.2) is 0 Å². The van der Waals surface area contributed by atoms with E-state index in [0.717, 1.165) is 15.8 Å². The molecule has 5 heteroatoms. The Hall–Kier alpha value is -2.66. The molecule has 3 rings (SSSR count). The van der Waals surface area contributed by atoms with Crippen molar-refractivity contribution in [2.45, 2.75) is 6.92 Å². The molecule has 0 spiro atoms. The van der Waals surface area contributed by atoms with E-state index in [9.17, 15) is 4.79 Å². The molecule has 0 saturated heterocycles. The van der Waals surface area contributed by atoms with Crippen molar-refractivity contribution < 1.29 is 9.53 Å². The minimum atomic E-state index is -0.212. The van der Waals surface area contributed by atoms with Gasteiger partial charge in [0.05, 0.1) is 5.56 Å². The van der Waals surface area contributed by atoms with Crippen molar-refractivity contribution >= 4 is 27.5 Å². The second-order valence-corrected chi connectivity index (χ2v) is 6.20. The summed E-state index contributed by atoms with van der Waals surface area (Å²) in [5.74, 6) is 1.28. The molecule has 2 aromatic carbocycles. The second-order valence-electron chi connectivity index (χ2n) is 5.29. The minimum Gasteiger partial charge on any atom is -0.457 e. The maximum Gasteiger partial charge on any atom is 0.257 e. The molecule has 120 valence electrons. The lowest BCUT2D eigenvalue weighted by Crippen LogP contribution is -2.12. The number of carbonyl (C=O) groups is 1. The fourth-order valence-corrected chi connectivity index (χ4v) is 2.53. The highest BCUT2D eigenvalue weighted by molar-refractivity contribution is 9.10. The third-order valence-corrected chi connectivity index (χ3v) is 3.74. The number of hydrogen-bond donors (Lipinski definition) is 1. The lowest BCUT2D eigenvalue weighted by atomic mass is 10.2. The molecule has 4 nitrogen and oxygen atoms in total. The number of pyridine rings is 1. The molecule has 0 fully saturated rings. The summed E-state index contributed by atoms with van der Waals surface area (Å²) in [6.45, 7) is 2.02. The fourth-order valence-electron chi connectivity index (χ4n) is 2.16. The summed E-state index contributed by atoms with van der Waals surface area (Å²) in [5.41, 5.74) is 2.32. The van der Waals surface area contributed by atoms with E-state index in [-0.39, 0.29) is 5.91 Å². The van der Waals surface area contributed by atoms with Gasteiger partial charge in [0.15, 0.2) is 0 Å². The monoisotopic (exact) mass is 382 g/mol. The van der Waals surface area contributed by atoms with E-state index in [2.05, 4.69) is 26.2 Å². The van der Waals surface area contributed by atoms with E-state index in [1.54, 1.807) is 24.4 Å². The van der Waals surface area contributed by atoms with Gasteiger partial charge in [-0.2, -0.15) is 0 Å². The van der Waals surface area contributed by atoms with Crippen LogP contribution >= 0.6 is 15.9 Å². The predicted octanol–water partition coefficient (Wildman–Crippen LogP) is 5.20. The number of aryl methyl sites for hydroxylation is 1. The zero-order valence-electron chi connectivity index (χ0n) is 13.0. The first-order valence-electron chi connectivity index (χ1n) is 7.37. The number of amides is 1. The molecule has 1 heterocycles. The van der Waals surface area contributed by atoms with Gasteiger partial charge < -0.3 is 10.1 Å². The standard InChI is InChI=1S/C19H15BrN2O2/c1-13-3-2-4-18(9-13)24-17-7-5-16(6-8-17)22-19(23)14-10-15(20)12-21-11-14/h2-12H,1H3,(H,22,23). The van der Waals surface area contributed by atoms with Gasteiger partial charge in [0.1, 0.15) is 11.5 Å². The van der Waals surface area contributed by atoms with Crippen LogP contribution in [-0.4, -0.2) is 10.9 Å². The van der Waals surface area contributed by atoms with Crippen molar-refractivity contribution in [3.63, 3.8) is 0 Å². The van der Waals surface area contributed by atoms with Crippen LogP contribution in [0.15, 0.2) is 71.5 Å². The normalized spacial score (nSPS) is 10.2. The van der Waals surface area contributed by atoms with Crippen LogP contribution in [-0.2, 0) is 0 Å². The quantitative estimate of drug-likeness (QED) is 0.674. The highest BCUT2D eigenvalue weighted by atomic mass is 79.9. The van der Waals surface area contributed by atoms with E-state index < -0.39 is 0 Å². The molecule has 24 heavy (non-hydrogen) atoms. The molecule has 0 unspecified atom stereocenters. The summed E-state index contributed by atoms with van der Waals surface area (Å²) in [7, 11) is 0. The topological polar surface area (TPSA) is 51.2 Å². The first-order chi connectivity index (χ1) is 11.6. The van der Waals surface area contributed by atoms with Crippen LogP contribution in [0.5, 0.6) is 11.5 Å². The zero-order valence-corrected chi connectivity index (χ0v) is 14.6. The number of aromatic nitrogens is 1. The van der Waals surface area contributed by atoms with Crippen molar-refractivity contribution in [3.8, 4) is 11.5 Å². The molecular weight excluding hydrogens is 368 g/mol. The predicted molar refractivity (Wildman–Crippen MR) is 97.6 cm³/mol. The number of halogens is 1. The molecule has 0 aliphatic carbocycles. The molecule has 0 bridgehead atoms. The van der Waals surface area contributed by atoms with Gasteiger partial charge in [0.2, 0.25) is 0 Å². The lowest BCUT2D eigenvalue weighted by molar-refractivity contribution is 0.102. The Morgan fingerprint density at radius 1 is 1.04 bits per heavy atom. The Balaban J connectivity index is 1.67. The molecule has 0 atom stereocenters. The van der Waals surface area contributed by atoms with Gasteiger partial charge >= 0.3 is 0 Å². The first kappa shape index (κ1) is 16.2. The van der Waals surface area contributed by atoms with E-state index >= 15 is 0 Å². The molecule has 0 radical (unpaired) electrons. The summed E-state index contributed by atoms with van der Waals surface area (Å²) in [5, 5.41) is 2.83. The smallest absolute Gasteiger partial charge is 0.257 e. The van der Waals surface area contributed by atoms with Crippen molar-refractivity contribution in [1.82, 2.24) is 4.98 Å². The van der Waals surface area contributed by atoms with Crippen molar-refractivity contribution in [3.05, 3.63) is 82.6 Å². The molecule has 3 aromatic rings. The number of benzene rings is 2. The summed E-state index contributed by atoms with van der Waals surface area (Å²) in [6, 6.07) is 16.8. The van der Waals surface area contributed by atoms with Crippen molar-refractivity contribution in [2.24, 2.45) is 0 Å². The van der Waals surface area contributed by atoms with E-state index in [4.69, 9.17) is 4.74 Å². The Morgan fingerprint density at radius 3 is 2.54 bits per heavy atom. The molecule has 1 aromatic heterocycles. The lowest BCUT2D eigenvalue weighted by Gasteiger charge is -2.08. The Bertz CT molecular complexity index is 863. The third kappa shape index (κ3) is 4.20. The number of nitrogens with zero attached hydrogens (tertiary/aromatic N) is 1. The van der Waals surface area contributed by atoms with Crippen LogP contribution in [0.25, 0.3) is 0 Å². The van der Waals surface area contributed by atoms with Crippen LogP contribution < -0.4 is 10.1 Å². The Kier molecular flexibility index (Phi) is 4.91. The second kappa shape index (κ2) is 7.27. The number of nitrogens with one attached hydrogen (secondary N) is 1.